The zero-order chi connectivity index (χ0) is 22.7. The molecule has 3 aromatic rings. The Morgan fingerprint density at radius 2 is 1.71 bits per heavy atom. The maximum Gasteiger partial charge on any atom is 0.337 e. The highest BCUT2D eigenvalue weighted by Crippen LogP contribution is 2.35. The third kappa shape index (κ3) is 5.01. The van der Waals surface area contributed by atoms with Gasteiger partial charge in [-0.05, 0) is 59.5 Å². The number of rotatable bonds is 6. The molecule has 0 aromatic heterocycles. The molecule has 0 saturated carbocycles. The van der Waals surface area contributed by atoms with E-state index in [2.05, 4.69) is 19.2 Å². The lowest BCUT2D eigenvalue weighted by Gasteiger charge is -2.15. The number of halogens is 2. The molecule has 0 aliphatic rings. The number of anilines is 1. The van der Waals surface area contributed by atoms with Gasteiger partial charge in [-0.25, -0.2) is 4.79 Å². The van der Waals surface area contributed by atoms with Gasteiger partial charge in [-0.2, -0.15) is 0 Å². The fourth-order valence-electron chi connectivity index (χ4n) is 3.17. The number of hydrogen-bond acceptors (Lipinski definition) is 3. The molecule has 0 unspecified atom stereocenters. The van der Waals surface area contributed by atoms with Crippen molar-refractivity contribution in [2.24, 2.45) is 0 Å². The van der Waals surface area contributed by atoms with Crippen LogP contribution in [-0.4, -0.2) is 24.1 Å². The molecule has 2 N–H and O–H groups in total. The number of nitrogens with one attached hydrogen (secondary N) is 1. The molecule has 31 heavy (non-hydrogen) atoms. The molecule has 0 aliphatic heterocycles. The van der Waals surface area contributed by atoms with Gasteiger partial charge in [0.15, 0.2) is 0 Å². The first-order chi connectivity index (χ1) is 14.7. The van der Waals surface area contributed by atoms with E-state index in [-0.39, 0.29) is 21.8 Å². The highest BCUT2D eigenvalue weighted by Gasteiger charge is 2.18. The first-order valence-corrected chi connectivity index (χ1v) is 10.3. The molecule has 5 nitrogen and oxygen atoms in total. The van der Waals surface area contributed by atoms with Crippen LogP contribution in [0.25, 0.3) is 11.1 Å². The summed E-state index contributed by atoms with van der Waals surface area (Å²) >= 11 is 12.0. The topological polar surface area (TPSA) is 75.6 Å². The van der Waals surface area contributed by atoms with E-state index in [0.29, 0.717) is 22.3 Å². The maximum atomic E-state index is 12.6. The van der Waals surface area contributed by atoms with Gasteiger partial charge in [-0.1, -0.05) is 49.2 Å². The van der Waals surface area contributed by atoms with Crippen molar-refractivity contribution in [3.05, 3.63) is 81.3 Å². The van der Waals surface area contributed by atoms with Crippen LogP contribution >= 0.6 is 23.2 Å². The summed E-state index contributed by atoms with van der Waals surface area (Å²) in [6.07, 6.45) is 0. The molecular formula is C24H21Cl2NO4. The van der Waals surface area contributed by atoms with E-state index in [9.17, 15) is 14.7 Å². The number of ether oxygens (including phenoxy) is 1. The quantitative estimate of drug-likeness (QED) is 0.429. The Bertz CT molecular complexity index is 1160. The summed E-state index contributed by atoms with van der Waals surface area (Å²) in [4.78, 5) is 24.6. The molecule has 0 atom stereocenters. The van der Waals surface area contributed by atoms with Crippen LogP contribution in [0.4, 0.5) is 5.69 Å². The number of benzene rings is 3. The van der Waals surface area contributed by atoms with Crippen LogP contribution in [0.2, 0.25) is 10.0 Å². The molecule has 0 bridgehead atoms. The van der Waals surface area contributed by atoms with E-state index in [1.807, 2.05) is 18.2 Å². The molecule has 0 radical (unpaired) electrons. The Morgan fingerprint density at radius 3 is 2.32 bits per heavy atom. The Labute approximate surface area is 190 Å². The van der Waals surface area contributed by atoms with Crippen LogP contribution in [0.1, 0.15) is 46.0 Å². The van der Waals surface area contributed by atoms with Gasteiger partial charge in [0.1, 0.15) is 5.75 Å². The monoisotopic (exact) mass is 457 g/mol. The van der Waals surface area contributed by atoms with Crippen LogP contribution in [0.15, 0.2) is 54.6 Å². The first kappa shape index (κ1) is 22.7. The second kappa shape index (κ2) is 9.41. The highest BCUT2D eigenvalue weighted by molar-refractivity contribution is 6.37. The molecule has 0 aliphatic carbocycles. The van der Waals surface area contributed by atoms with E-state index in [4.69, 9.17) is 27.9 Å². The second-order valence-corrected chi connectivity index (χ2v) is 8.10. The van der Waals surface area contributed by atoms with Crippen molar-refractivity contribution in [3.8, 4) is 16.9 Å². The molecule has 1 amide bonds. The van der Waals surface area contributed by atoms with Gasteiger partial charge in [0, 0.05) is 10.6 Å². The summed E-state index contributed by atoms with van der Waals surface area (Å²) in [6.45, 7) is 4.16. The number of methoxy groups -OCH3 is 1. The second-order valence-electron chi connectivity index (χ2n) is 7.26. The maximum absolute atomic E-state index is 12.6. The average molecular weight is 458 g/mol. The summed E-state index contributed by atoms with van der Waals surface area (Å²) in [5.41, 5.74) is 2.84. The molecule has 160 valence electrons. The van der Waals surface area contributed by atoms with Crippen LogP contribution in [0.5, 0.6) is 5.75 Å². The van der Waals surface area contributed by atoms with Gasteiger partial charge in [0.25, 0.3) is 5.91 Å². The molecular weight excluding hydrogens is 437 g/mol. The smallest absolute Gasteiger partial charge is 0.337 e. The van der Waals surface area contributed by atoms with Crippen molar-refractivity contribution >= 4 is 40.8 Å². The summed E-state index contributed by atoms with van der Waals surface area (Å²) in [5.74, 6) is -0.772. The third-order valence-corrected chi connectivity index (χ3v) is 5.42. The predicted molar refractivity (Wildman–Crippen MR) is 124 cm³/mol. The van der Waals surface area contributed by atoms with Gasteiger partial charge >= 0.3 is 5.97 Å². The Morgan fingerprint density at radius 1 is 0.968 bits per heavy atom. The average Bonchev–Trinajstić information content (AvgIpc) is 2.73. The molecule has 3 aromatic carbocycles. The van der Waals surface area contributed by atoms with Gasteiger partial charge in [0.05, 0.1) is 28.9 Å². The van der Waals surface area contributed by atoms with E-state index >= 15 is 0 Å². The third-order valence-electron chi connectivity index (χ3n) is 4.88. The summed E-state index contributed by atoms with van der Waals surface area (Å²) in [6, 6.07) is 15.1. The summed E-state index contributed by atoms with van der Waals surface area (Å²) in [5, 5.41) is 13.0. The summed E-state index contributed by atoms with van der Waals surface area (Å²) in [7, 11) is 1.57. The van der Waals surface area contributed by atoms with Crippen molar-refractivity contribution < 1.29 is 19.4 Å². The van der Waals surface area contributed by atoms with Crippen LogP contribution in [0, 0.1) is 0 Å². The standard InChI is InChI=1S/C24H21Cl2NO4/c1-13(2)14-5-9-22(31-3)18(10-14)15-4-8-21(19(11-15)24(29)30)27-23(28)17-7-6-16(25)12-20(17)26/h4-13H,1-3H3,(H,27,28)(H,29,30). The van der Waals surface area contributed by atoms with Crippen molar-refractivity contribution in [2.75, 3.05) is 12.4 Å². The summed E-state index contributed by atoms with van der Waals surface area (Å²) < 4.78 is 5.47. The molecule has 3 rings (SSSR count). The number of carbonyl (C=O) groups excluding carboxylic acids is 1. The van der Waals surface area contributed by atoms with Gasteiger partial charge in [0.2, 0.25) is 0 Å². The minimum absolute atomic E-state index is 0.0482. The molecule has 7 heteroatoms. The Hall–Kier alpha value is -3.02. The fourth-order valence-corrected chi connectivity index (χ4v) is 3.67. The van der Waals surface area contributed by atoms with Crippen molar-refractivity contribution in [3.63, 3.8) is 0 Å². The number of aromatic carboxylic acids is 1. The van der Waals surface area contributed by atoms with Gasteiger partial charge in [-0.15, -0.1) is 0 Å². The van der Waals surface area contributed by atoms with Gasteiger partial charge in [-0.3, -0.25) is 4.79 Å². The van der Waals surface area contributed by atoms with Crippen molar-refractivity contribution in [2.45, 2.75) is 19.8 Å². The lowest BCUT2D eigenvalue weighted by atomic mass is 9.95. The predicted octanol–water partition coefficient (Wildman–Crippen LogP) is 6.74. The number of carboxylic acids is 1. The minimum Gasteiger partial charge on any atom is -0.496 e. The highest BCUT2D eigenvalue weighted by atomic mass is 35.5. The minimum atomic E-state index is -1.17. The number of amides is 1. The lowest BCUT2D eigenvalue weighted by molar-refractivity contribution is 0.0698. The zero-order valence-corrected chi connectivity index (χ0v) is 18.7. The fraction of sp³-hybridized carbons (Fsp3) is 0.167. The van der Waals surface area contributed by atoms with E-state index in [1.54, 1.807) is 19.2 Å². The Balaban J connectivity index is 2.02. The van der Waals surface area contributed by atoms with Crippen molar-refractivity contribution in [1.29, 1.82) is 0 Å². The molecule has 0 heterocycles. The number of hydrogen-bond donors (Lipinski definition) is 2. The van der Waals surface area contributed by atoms with Gasteiger partial charge < -0.3 is 15.2 Å². The van der Waals surface area contributed by atoms with E-state index < -0.39 is 11.9 Å². The normalized spacial score (nSPS) is 10.8. The molecule has 0 fully saturated rings. The van der Waals surface area contributed by atoms with Crippen molar-refractivity contribution in [1.82, 2.24) is 0 Å². The number of carboxylic acid groups (broad SMARTS) is 1. The zero-order valence-electron chi connectivity index (χ0n) is 17.2. The number of carbonyl (C=O) groups is 2. The molecule has 0 saturated heterocycles. The first-order valence-electron chi connectivity index (χ1n) is 9.53. The Kier molecular flexibility index (Phi) is 6.88. The lowest BCUT2D eigenvalue weighted by Crippen LogP contribution is -2.15. The largest absolute Gasteiger partial charge is 0.496 e. The van der Waals surface area contributed by atoms with Crippen LogP contribution in [0.3, 0.4) is 0 Å². The molecule has 0 spiro atoms. The van der Waals surface area contributed by atoms with E-state index in [0.717, 1.165) is 11.1 Å². The van der Waals surface area contributed by atoms with E-state index in [1.165, 1.54) is 24.3 Å². The SMILES string of the molecule is COc1ccc(C(C)C)cc1-c1ccc(NC(=O)c2ccc(Cl)cc2Cl)c(C(=O)O)c1. The van der Waals surface area contributed by atoms with Crippen LogP contribution in [-0.2, 0) is 0 Å². The van der Waals surface area contributed by atoms with Crippen LogP contribution < -0.4 is 10.1 Å².